The van der Waals surface area contributed by atoms with Crippen LogP contribution in [0.15, 0.2) is 66.4 Å². The molecule has 140 valence electrons. The zero-order chi connectivity index (χ0) is 19.8. The second-order valence-electron chi connectivity index (χ2n) is 6.32. The summed E-state index contributed by atoms with van der Waals surface area (Å²) in [7, 11) is 0. The molecule has 0 saturated heterocycles. The van der Waals surface area contributed by atoms with Crippen LogP contribution in [0.25, 0.3) is 6.08 Å². The minimum atomic E-state index is -1.13. The van der Waals surface area contributed by atoms with Crippen molar-refractivity contribution in [1.29, 1.82) is 0 Å². The van der Waals surface area contributed by atoms with Crippen molar-refractivity contribution in [2.24, 2.45) is 5.92 Å². The number of carboxylic acid groups (broad SMARTS) is 1. The average Bonchev–Trinajstić information content (AvgIpc) is 2.66. The molecule has 6 heteroatoms. The van der Waals surface area contributed by atoms with Gasteiger partial charge in [0.05, 0.1) is 0 Å². The molecular formula is C21H22N2O4. The topological polar surface area (TPSA) is 95.5 Å². The molecule has 2 amide bonds. The summed E-state index contributed by atoms with van der Waals surface area (Å²) < 4.78 is 0. The lowest BCUT2D eigenvalue weighted by atomic mass is 10.0. The van der Waals surface area contributed by atoms with Crippen molar-refractivity contribution in [1.82, 2.24) is 10.6 Å². The first kappa shape index (κ1) is 19.9. The van der Waals surface area contributed by atoms with Gasteiger partial charge in [-0.25, -0.2) is 4.79 Å². The first-order valence-corrected chi connectivity index (χ1v) is 8.55. The first-order chi connectivity index (χ1) is 12.9. The van der Waals surface area contributed by atoms with Crippen molar-refractivity contribution in [2.45, 2.75) is 19.9 Å². The van der Waals surface area contributed by atoms with Crippen LogP contribution < -0.4 is 10.6 Å². The molecule has 0 spiro atoms. The minimum Gasteiger partial charge on any atom is -0.480 e. The minimum absolute atomic E-state index is 0.0260. The Morgan fingerprint density at radius 2 is 1.48 bits per heavy atom. The highest BCUT2D eigenvalue weighted by atomic mass is 16.4. The van der Waals surface area contributed by atoms with Crippen LogP contribution in [0.4, 0.5) is 0 Å². The number of amides is 2. The van der Waals surface area contributed by atoms with Gasteiger partial charge in [-0.15, -0.1) is 0 Å². The van der Waals surface area contributed by atoms with E-state index in [1.165, 1.54) is 6.08 Å². The molecular weight excluding hydrogens is 344 g/mol. The van der Waals surface area contributed by atoms with E-state index in [0.29, 0.717) is 11.1 Å². The zero-order valence-corrected chi connectivity index (χ0v) is 15.2. The molecule has 0 heterocycles. The number of hydrogen-bond donors (Lipinski definition) is 3. The predicted octanol–water partition coefficient (Wildman–Crippen LogP) is 2.68. The molecule has 0 fully saturated rings. The molecule has 2 aromatic carbocycles. The van der Waals surface area contributed by atoms with Crippen LogP contribution in [-0.2, 0) is 9.59 Å². The Bertz CT molecular complexity index is 830. The highest BCUT2D eigenvalue weighted by molar-refractivity contribution is 6.06. The lowest BCUT2D eigenvalue weighted by Crippen LogP contribution is -2.47. The van der Waals surface area contributed by atoms with Crippen molar-refractivity contribution >= 4 is 23.9 Å². The molecule has 0 aliphatic heterocycles. The van der Waals surface area contributed by atoms with Gasteiger partial charge in [-0.05, 0) is 29.7 Å². The number of benzene rings is 2. The van der Waals surface area contributed by atoms with Gasteiger partial charge in [-0.3, -0.25) is 9.59 Å². The third-order valence-electron chi connectivity index (χ3n) is 3.86. The Morgan fingerprint density at radius 1 is 0.926 bits per heavy atom. The second kappa shape index (κ2) is 9.33. The predicted molar refractivity (Wildman–Crippen MR) is 103 cm³/mol. The summed E-state index contributed by atoms with van der Waals surface area (Å²) in [5.74, 6) is -2.56. The van der Waals surface area contributed by atoms with Gasteiger partial charge in [-0.2, -0.15) is 0 Å². The van der Waals surface area contributed by atoms with E-state index in [1.807, 2.05) is 6.07 Å². The van der Waals surface area contributed by atoms with E-state index in [9.17, 15) is 19.5 Å². The third-order valence-corrected chi connectivity index (χ3v) is 3.86. The Labute approximate surface area is 157 Å². The number of hydrogen-bond acceptors (Lipinski definition) is 3. The molecule has 2 aromatic rings. The molecule has 0 saturated carbocycles. The van der Waals surface area contributed by atoms with Crippen molar-refractivity contribution in [3.63, 3.8) is 0 Å². The van der Waals surface area contributed by atoms with Gasteiger partial charge < -0.3 is 15.7 Å². The summed E-state index contributed by atoms with van der Waals surface area (Å²) in [6.45, 7) is 3.39. The molecule has 0 aliphatic rings. The summed E-state index contributed by atoms with van der Waals surface area (Å²) in [6, 6.07) is 16.4. The molecule has 27 heavy (non-hydrogen) atoms. The fraction of sp³-hybridized carbons (Fsp3) is 0.190. The average molecular weight is 366 g/mol. The molecule has 0 aromatic heterocycles. The summed E-state index contributed by atoms with van der Waals surface area (Å²) in [6.07, 6.45) is 1.51. The summed E-state index contributed by atoms with van der Waals surface area (Å²) in [4.78, 5) is 36.5. The highest BCUT2D eigenvalue weighted by Crippen LogP contribution is 2.09. The number of carboxylic acids is 1. The van der Waals surface area contributed by atoms with E-state index in [1.54, 1.807) is 68.4 Å². The van der Waals surface area contributed by atoms with E-state index in [0.717, 1.165) is 0 Å². The Hall–Kier alpha value is -3.41. The van der Waals surface area contributed by atoms with Crippen LogP contribution in [0, 0.1) is 5.92 Å². The largest absolute Gasteiger partial charge is 0.480 e. The number of nitrogens with one attached hydrogen (secondary N) is 2. The highest BCUT2D eigenvalue weighted by Gasteiger charge is 2.25. The SMILES string of the molecule is CC(C)[C@@H](NC(=O)/C(=C/c1ccccc1)NC(=O)c1ccccc1)C(=O)O. The van der Waals surface area contributed by atoms with Crippen molar-refractivity contribution in [3.8, 4) is 0 Å². The van der Waals surface area contributed by atoms with Crippen molar-refractivity contribution in [2.75, 3.05) is 0 Å². The van der Waals surface area contributed by atoms with Crippen molar-refractivity contribution < 1.29 is 19.5 Å². The van der Waals surface area contributed by atoms with Gasteiger partial charge in [0.25, 0.3) is 11.8 Å². The third kappa shape index (κ3) is 5.81. The Morgan fingerprint density at radius 3 is 2.00 bits per heavy atom. The standard InChI is InChI=1S/C21H22N2O4/c1-14(2)18(21(26)27)23-20(25)17(13-15-9-5-3-6-10-15)22-19(24)16-11-7-4-8-12-16/h3-14,18H,1-2H3,(H,22,24)(H,23,25)(H,26,27)/b17-13-/t18-/m1/s1. The fourth-order valence-electron chi connectivity index (χ4n) is 2.39. The van der Waals surface area contributed by atoms with Gasteiger partial charge >= 0.3 is 5.97 Å². The Balaban J connectivity index is 2.29. The van der Waals surface area contributed by atoms with Crippen molar-refractivity contribution in [3.05, 3.63) is 77.5 Å². The number of rotatable bonds is 7. The molecule has 0 bridgehead atoms. The van der Waals surface area contributed by atoms with E-state index in [2.05, 4.69) is 10.6 Å². The van der Waals surface area contributed by atoms with Crippen LogP contribution in [-0.4, -0.2) is 28.9 Å². The number of carbonyl (C=O) groups excluding carboxylic acids is 2. The maximum Gasteiger partial charge on any atom is 0.326 e. The van der Waals surface area contributed by atoms with Gasteiger partial charge in [0.1, 0.15) is 11.7 Å². The maximum atomic E-state index is 12.7. The normalized spacial score (nSPS) is 12.3. The molecule has 2 rings (SSSR count). The maximum absolute atomic E-state index is 12.7. The fourth-order valence-corrected chi connectivity index (χ4v) is 2.39. The summed E-state index contributed by atoms with van der Waals surface area (Å²) in [5, 5.41) is 14.4. The smallest absolute Gasteiger partial charge is 0.326 e. The second-order valence-corrected chi connectivity index (χ2v) is 6.32. The first-order valence-electron chi connectivity index (χ1n) is 8.55. The van der Waals surface area contributed by atoms with E-state index in [4.69, 9.17) is 0 Å². The van der Waals surface area contributed by atoms with Crippen LogP contribution in [0.2, 0.25) is 0 Å². The lowest BCUT2D eigenvalue weighted by Gasteiger charge is -2.19. The van der Waals surface area contributed by atoms with E-state index >= 15 is 0 Å². The van der Waals surface area contributed by atoms with E-state index in [-0.39, 0.29) is 11.6 Å². The van der Waals surface area contributed by atoms with Gasteiger partial charge in [-0.1, -0.05) is 62.4 Å². The zero-order valence-electron chi connectivity index (χ0n) is 15.2. The van der Waals surface area contributed by atoms with Crippen LogP contribution in [0.5, 0.6) is 0 Å². The summed E-state index contributed by atoms with van der Waals surface area (Å²) in [5.41, 5.74) is 1.07. The molecule has 0 aliphatic carbocycles. The van der Waals surface area contributed by atoms with Gasteiger partial charge in [0, 0.05) is 5.56 Å². The quantitative estimate of drug-likeness (QED) is 0.657. The molecule has 6 nitrogen and oxygen atoms in total. The molecule has 1 atom stereocenters. The van der Waals surface area contributed by atoms with Crippen LogP contribution >= 0.6 is 0 Å². The van der Waals surface area contributed by atoms with Gasteiger partial charge in [0.2, 0.25) is 0 Å². The molecule has 0 radical (unpaired) electrons. The van der Waals surface area contributed by atoms with Crippen LogP contribution in [0.1, 0.15) is 29.8 Å². The Kier molecular flexibility index (Phi) is 6.88. The number of carbonyl (C=O) groups is 3. The monoisotopic (exact) mass is 366 g/mol. The number of aliphatic carboxylic acids is 1. The van der Waals surface area contributed by atoms with Gasteiger partial charge in [0.15, 0.2) is 0 Å². The lowest BCUT2D eigenvalue weighted by molar-refractivity contribution is -0.142. The van der Waals surface area contributed by atoms with Crippen LogP contribution in [0.3, 0.4) is 0 Å². The summed E-state index contributed by atoms with van der Waals surface area (Å²) >= 11 is 0. The van der Waals surface area contributed by atoms with E-state index < -0.39 is 23.8 Å². The molecule has 3 N–H and O–H groups in total. The molecule has 0 unspecified atom stereocenters.